The molecule has 1 aliphatic heterocycles. The Labute approximate surface area is 112 Å². The number of halogens is 1. The van der Waals surface area contributed by atoms with Gasteiger partial charge in [-0.2, -0.15) is 0 Å². The molecule has 18 heavy (non-hydrogen) atoms. The lowest BCUT2D eigenvalue weighted by atomic mass is 9.97. The van der Waals surface area contributed by atoms with Crippen LogP contribution in [-0.4, -0.2) is 4.98 Å². The number of fused-ring (bicyclic) bond motifs is 2. The minimum Gasteiger partial charge on any atom is -0.456 e. The predicted molar refractivity (Wildman–Crippen MR) is 75.0 cm³/mol. The van der Waals surface area contributed by atoms with E-state index in [1.807, 2.05) is 36.7 Å². The summed E-state index contributed by atoms with van der Waals surface area (Å²) in [6.45, 7) is 0. The molecule has 0 saturated carbocycles. The van der Waals surface area contributed by atoms with E-state index in [1.165, 1.54) is 0 Å². The summed E-state index contributed by atoms with van der Waals surface area (Å²) >= 11 is 3.47. The van der Waals surface area contributed by atoms with E-state index in [1.54, 1.807) is 0 Å². The van der Waals surface area contributed by atoms with E-state index >= 15 is 0 Å². The third-order valence-corrected chi connectivity index (χ3v) is 3.69. The van der Waals surface area contributed by atoms with E-state index in [4.69, 9.17) is 4.74 Å². The predicted octanol–water partition coefficient (Wildman–Crippen LogP) is 4.77. The van der Waals surface area contributed by atoms with Crippen LogP contribution in [0, 0.1) is 0 Å². The Kier molecular flexibility index (Phi) is 2.00. The van der Waals surface area contributed by atoms with Crippen molar-refractivity contribution in [3.8, 4) is 22.6 Å². The minimum absolute atomic E-state index is 0.873. The summed E-state index contributed by atoms with van der Waals surface area (Å²) in [7, 11) is 0. The molecule has 0 amide bonds. The van der Waals surface area contributed by atoms with Crippen LogP contribution in [0.25, 0.3) is 21.9 Å². The number of ether oxygens (including phenoxy) is 1. The molecule has 2 heterocycles. The van der Waals surface area contributed by atoms with Crippen LogP contribution in [0.15, 0.2) is 53.3 Å². The van der Waals surface area contributed by atoms with E-state index in [0.29, 0.717) is 0 Å². The van der Waals surface area contributed by atoms with Gasteiger partial charge in [-0.05, 0) is 24.3 Å². The van der Waals surface area contributed by atoms with Crippen molar-refractivity contribution in [3.05, 3.63) is 53.3 Å². The minimum atomic E-state index is 0.873. The molecule has 2 aromatic carbocycles. The number of pyridine rings is 1. The van der Waals surface area contributed by atoms with Crippen LogP contribution in [0.4, 0.5) is 0 Å². The zero-order chi connectivity index (χ0) is 12.1. The number of nitrogens with zero attached hydrogens (tertiary/aromatic N) is 1. The van der Waals surface area contributed by atoms with Gasteiger partial charge in [0.1, 0.15) is 11.5 Å². The fourth-order valence-corrected chi connectivity index (χ4v) is 2.75. The first kappa shape index (κ1) is 10.1. The Balaban J connectivity index is 2.17. The average molecular weight is 298 g/mol. The van der Waals surface area contributed by atoms with E-state index in [9.17, 15) is 0 Å². The van der Waals surface area contributed by atoms with Crippen molar-refractivity contribution in [2.24, 2.45) is 0 Å². The molecule has 4 rings (SSSR count). The van der Waals surface area contributed by atoms with Crippen molar-refractivity contribution >= 4 is 26.7 Å². The smallest absolute Gasteiger partial charge is 0.136 e. The van der Waals surface area contributed by atoms with E-state index in [-0.39, 0.29) is 0 Å². The molecule has 0 radical (unpaired) electrons. The molecule has 3 aromatic rings. The molecule has 1 aromatic heterocycles. The standard InChI is InChI=1S/C15H8BrNO/c16-10-4-5-11-12-8-17-7-9-2-1-3-13(15(9)12)18-14(11)6-10/h1-8H. The summed E-state index contributed by atoms with van der Waals surface area (Å²) in [5.74, 6) is 1.77. The van der Waals surface area contributed by atoms with Gasteiger partial charge >= 0.3 is 0 Å². The van der Waals surface area contributed by atoms with E-state index in [0.717, 1.165) is 37.9 Å². The molecule has 0 fully saturated rings. The zero-order valence-electron chi connectivity index (χ0n) is 9.35. The summed E-state index contributed by atoms with van der Waals surface area (Å²) < 4.78 is 6.99. The van der Waals surface area contributed by atoms with E-state index in [2.05, 4.69) is 33.0 Å². The maximum Gasteiger partial charge on any atom is 0.136 e. The molecule has 0 unspecified atom stereocenters. The highest BCUT2D eigenvalue weighted by Crippen LogP contribution is 2.46. The molecule has 2 nitrogen and oxygen atoms in total. The number of benzene rings is 2. The fourth-order valence-electron chi connectivity index (χ4n) is 2.41. The lowest BCUT2D eigenvalue weighted by Gasteiger charge is -2.20. The Hall–Kier alpha value is -1.87. The van der Waals surface area contributed by atoms with Crippen LogP contribution >= 0.6 is 15.9 Å². The van der Waals surface area contributed by atoms with Gasteiger partial charge in [-0.25, -0.2) is 0 Å². The van der Waals surface area contributed by atoms with Gasteiger partial charge in [0, 0.05) is 38.8 Å². The maximum absolute atomic E-state index is 5.97. The Morgan fingerprint density at radius 1 is 0.944 bits per heavy atom. The third-order valence-electron chi connectivity index (χ3n) is 3.20. The molecule has 0 bridgehead atoms. The van der Waals surface area contributed by atoms with Crippen molar-refractivity contribution in [1.82, 2.24) is 4.98 Å². The van der Waals surface area contributed by atoms with Gasteiger partial charge in [0.25, 0.3) is 0 Å². The monoisotopic (exact) mass is 297 g/mol. The highest BCUT2D eigenvalue weighted by Gasteiger charge is 2.19. The SMILES string of the molecule is Brc1ccc2c(c1)Oc1cccc3cncc-2c13. The fraction of sp³-hybridized carbons (Fsp3) is 0. The van der Waals surface area contributed by atoms with Gasteiger partial charge in [-0.15, -0.1) is 0 Å². The summed E-state index contributed by atoms with van der Waals surface area (Å²) in [5.41, 5.74) is 2.23. The molecule has 1 aliphatic rings. The number of hydrogen-bond donors (Lipinski definition) is 0. The first-order chi connectivity index (χ1) is 8.83. The van der Waals surface area contributed by atoms with Gasteiger partial charge < -0.3 is 4.74 Å². The molecular formula is C15H8BrNO. The van der Waals surface area contributed by atoms with Crippen LogP contribution in [0.1, 0.15) is 0 Å². The van der Waals surface area contributed by atoms with Crippen molar-refractivity contribution in [3.63, 3.8) is 0 Å². The first-order valence-electron chi connectivity index (χ1n) is 5.67. The number of aromatic nitrogens is 1. The molecular weight excluding hydrogens is 290 g/mol. The largest absolute Gasteiger partial charge is 0.456 e. The van der Waals surface area contributed by atoms with Crippen LogP contribution in [0.5, 0.6) is 11.5 Å². The van der Waals surface area contributed by atoms with Gasteiger partial charge in [0.05, 0.1) is 0 Å². The third kappa shape index (κ3) is 1.31. The molecule has 0 spiro atoms. The number of rotatable bonds is 0. The van der Waals surface area contributed by atoms with Crippen molar-refractivity contribution in [2.45, 2.75) is 0 Å². The van der Waals surface area contributed by atoms with Crippen molar-refractivity contribution < 1.29 is 4.74 Å². The normalized spacial score (nSPS) is 12.1. The van der Waals surface area contributed by atoms with Crippen LogP contribution in [0.2, 0.25) is 0 Å². The average Bonchev–Trinajstić information content (AvgIpc) is 2.39. The Bertz CT molecular complexity index is 777. The number of hydrogen-bond acceptors (Lipinski definition) is 2. The highest BCUT2D eigenvalue weighted by molar-refractivity contribution is 9.10. The van der Waals surface area contributed by atoms with Crippen LogP contribution in [0.3, 0.4) is 0 Å². The zero-order valence-corrected chi connectivity index (χ0v) is 10.9. The molecule has 3 heteroatoms. The summed E-state index contributed by atoms with van der Waals surface area (Å²) in [6.07, 6.45) is 3.77. The Morgan fingerprint density at radius 3 is 2.83 bits per heavy atom. The molecule has 0 saturated heterocycles. The maximum atomic E-state index is 5.97. The van der Waals surface area contributed by atoms with Crippen LogP contribution < -0.4 is 4.74 Å². The first-order valence-corrected chi connectivity index (χ1v) is 6.47. The summed E-state index contributed by atoms with van der Waals surface area (Å²) in [6, 6.07) is 12.1. The van der Waals surface area contributed by atoms with Gasteiger partial charge in [-0.1, -0.05) is 28.1 Å². The van der Waals surface area contributed by atoms with Gasteiger partial charge in [-0.3, -0.25) is 4.98 Å². The van der Waals surface area contributed by atoms with E-state index < -0.39 is 0 Å². The van der Waals surface area contributed by atoms with Gasteiger partial charge in [0.2, 0.25) is 0 Å². The van der Waals surface area contributed by atoms with Gasteiger partial charge in [0.15, 0.2) is 0 Å². The van der Waals surface area contributed by atoms with Crippen molar-refractivity contribution in [2.75, 3.05) is 0 Å². The molecule has 0 atom stereocenters. The second kappa shape index (κ2) is 3.56. The second-order valence-corrected chi connectivity index (χ2v) is 5.20. The summed E-state index contributed by atoms with van der Waals surface area (Å²) in [4.78, 5) is 4.31. The van der Waals surface area contributed by atoms with Crippen molar-refractivity contribution in [1.29, 1.82) is 0 Å². The molecule has 0 aliphatic carbocycles. The van der Waals surface area contributed by atoms with Crippen LogP contribution in [-0.2, 0) is 0 Å². The lowest BCUT2D eigenvalue weighted by molar-refractivity contribution is 0.486. The highest BCUT2D eigenvalue weighted by atomic mass is 79.9. The lowest BCUT2D eigenvalue weighted by Crippen LogP contribution is -1.97. The summed E-state index contributed by atoms with van der Waals surface area (Å²) in [5, 5.41) is 2.25. The molecule has 86 valence electrons. The molecule has 0 N–H and O–H groups in total. The topological polar surface area (TPSA) is 22.1 Å². The quantitative estimate of drug-likeness (QED) is 0.466. The Morgan fingerprint density at radius 2 is 1.89 bits per heavy atom. The second-order valence-electron chi connectivity index (χ2n) is 4.28.